The van der Waals surface area contributed by atoms with Crippen LogP contribution in [0.2, 0.25) is 0 Å². The number of hydrogen-bond acceptors (Lipinski definition) is 8. The third kappa shape index (κ3) is 3.99. The zero-order chi connectivity index (χ0) is 22.1. The number of halogens is 1. The Balaban J connectivity index is 1.43. The highest BCUT2D eigenvalue weighted by Crippen LogP contribution is 2.17. The van der Waals surface area contributed by atoms with Crippen LogP contribution in [0.4, 0.5) is 0 Å². The first-order valence-corrected chi connectivity index (χ1v) is 12.2. The van der Waals surface area contributed by atoms with E-state index in [1.54, 1.807) is 15.7 Å². The van der Waals surface area contributed by atoms with Crippen molar-refractivity contribution in [2.24, 2.45) is 0 Å². The van der Waals surface area contributed by atoms with Crippen molar-refractivity contribution in [3.8, 4) is 0 Å². The molecule has 0 unspecified atom stereocenters. The van der Waals surface area contributed by atoms with Crippen molar-refractivity contribution < 1.29 is 4.52 Å². The van der Waals surface area contributed by atoms with Crippen LogP contribution in [0.1, 0.15) is 49.3 Å². The van der Waals surface area contributed by atoms with Crippen molar-refractivity contribution in [3.63, 3.8) is 0 Å². The van der Waals surface area contributed by atoms with Gasteiger partial charge >= 0.3 is 0 Å². The van der Waals surface area contributed by atoms with Gasteiger partial charge < -0.3 is 9.51 Å². The Bertz CT molecular complexity index is 1420. The molecule has 1 N–H and O–H groups in total. The topological polar surface area (TPSA) is 120 Å². The number of H-pyrrole nitrogens is 1. The highest BCUT2D eigenvalue weighted by molar-refractivity contribution is 9.10. The lowest BCUT2D eigenvalue weighted by molar-refractivity contribution is 0.373. The van der Waals surface area contributed by atoms with E-state index in [0.29, 0.717) is 65.0 Å². The summed E-state index contributed by atoms with van der Waals surface area (Å²) in [6, 6.07) is 2.04. The molecule has 10 nitrogen and oxygen atoms in total. The number of rotatable bonds is 9. The minimum Gasteiger partial charge on any atom is -0.339 e. The first kappa shape index (κ1) is 21.0. The van der Waals surface area contributed by atoms with Crippen molar-refractivity contribution in [2.75, 3.05) is 0 Å². The summed E-state index contributed by atoms with van der Waals surface area (Å²) in [4.78, 5) is 25.1. The first-order chi connectivity index (χ1) is 15.6. The van der Waals surface area contributed by atoms with E-state index in [2.05, 4.69) is 58.5 Å². The van der Waals surface area contributed by atoms with Gasteiger partial charge in [0, 0.05) is 25.8 Å². The number of unbranched alkanes of at least 4 members (excludes halogenated alkanes) is 2. The van der Waals surface area contributed by atoms with Crippen LogP contribution in [0.25, 0.3) is 16.9 Å². The lowest BCUT2D eigenvalue weighted by Gasteiger charge is -2.09. The molecule has 5 heterocycles. The van der Waals surface area contributed by atoms with Crippen LogP contribution in [0, 0.1) is 0 Å². The minimum absolute atomic E-state index is 0.219. The van der Waals surface area contributed by atoms with Crippen LogP contribution in [-0.4, -0.2) is 39.3 Å². The fraction of sp³-hybridized carbons (Fsp3) is 0.400. The number of hydrogen-bond donors (Lipinski definition) is 1. The molecule has 0 aliphatic rings. The fourth-order valence-corrected chi connectivity index (χ4v) is 4.76. The van der Waals surface area contributed by atoms with Crippen LogP contribution >= 0.6 is 27.3 Å². The molecule has 0 atom stereocenters. The van der Waals surface area contributed by atoms with Crippen molar-refractivity contribution in [1.29, 1.82) is 0 Å². The maximum absolute atomic E-state index is 13.2. The van der Waals surface area contributed by atoms with Gasteiger partial charge in [-0.25, -0.2) is 9.38 Å². The van der Waals surface area contributed by atoms with Gasteiger partial charge in [-0.3, -0.25) is 9.36 Å². The first-order valence-electron chi connectivity index (χ1n) is 10.5. The summed E-state index contributed by atoms with van der Waals surface area (Å²) < 4.78 is 9.42. The second-order valence-electron chi connectivity index (χ2n) is 7.55. The van der Waals surface area contributed by atoms with Crippen molar-refractivity contribution in [1.82, 2.24) is 39.3 Å². The Hall–Kier alpha value is -2.86. The lowest BCUT2D eigenvalue weighted by atomic mass is 10.2. The molecule has 0 aromatic carbocycles. The third-order valence-electron chi connectivity index (χ3n) is 5.28. The van der Waals surface area contributed by atoms with Crippen molar-refractivity contribution in [3.05, 3.63) is 55.0 Å². The molecule has 0 spiro atoms. The standard InChI is InChI=1S/C20H21BrN8O2S/c1-2-3-4-8-28-17-16(23-19(21)24-17)18(30)29-14(25-26-20(28)29)5-6-15-22-13(27-31-15)10-12-7-9-32-11-12/h7,9,11H,2-6,8,10H2,1H3,(H,23,24). The summed E-state index contributed by atoms with van der Waals surface area (Å²) in [6.45, 7) is 2.86. The Kier molecular flexibility index (Phi) is 5.87. The Labute approximate surface area is 194 Å². The molecular formula is C20H21BrN8O2S. The van der Waals surface area contributed by atoms with Crippen LogP contribution in [0.5, 0.6) is 0 Å². The number of aryl methyl sites for hydroxylation is 3. The summed E-state index contributed by atoms with van der Waals surface area (Å²) in [5.41, 5.74) is 1.95. The van der Waals surface area contributed by atoms with Crippen LogP contribution < -0.4 is 5.56 Å². The fourth-order valence-electron chi connectivity index (χ4n) is 3.72. The predicted molar refractivity (Wildman–Crippen MR) is 123 cm³/mol. The molecule has 32 heavy (non-hydrogen) atoms. The van der Waals surface area contributed by atoms with Gasteiger partial charge in [0.05, 0.1) is 0 Å². The second-order valence-corrected chi connectivity index (χ2v) is 9.09. The minimum atomic E-state index is -0.219. The molecule has 0 aliphatic heterocycles. The van der Waals surface area contributed by atoms with Crippen molar-refractivity contribution in [2.45, 2.75) is 52.0 Å². The largest absolute Gasteiger partial charge is 0.339 e. The molecule has 5 rings (SSSR count). The maximum Gasteiger partial charge on any atom is 0.286 e. The zero-order valence-electron chi connectivity index (χ0n) is 17.4. The van der Waals surface area contributed by atoms with Crippen molar-refractivity contribution >= 4 is 44.2 Å². The summed E-state index contributed by atoms with van der Waals surface area (Å²) in [5, 5.41) is 16.8. The quantitative estimate of drug-likeness (QED) is 0.235. The molecule has 0 fully saturated rings. The Morgan fingerprint density at radius 2 is 2.12 bits per heavy atom. The normalized spacial score (nSPS) is 11.8. The molecule has 12 heteroatoms. The molecule has 0 saturated heterocycles. The van der Waals surface area contributed by atoms with Gasteiger partial charge in [0.15, 0.2) is 21.7 Å². The summed E-state index contributed by atoms with van der Waals surface area (Å²) in [7, 11) is 0. The van der Waals surface area contributed by atoms with Gasteiger partial charge in [0.2, 0.25) is 11.7 Å². The molecule has 0 radical (unpaired) electrons. The van der Waals surface area contributed by atoms with E-state index >= 15 is 0 Å². The highest BCUT2D eigenvalue weighted by Gasteiger charge is 2.20. The van der Waals surface area contributed by atoms with Crippen LogP contribution in [0.3, 0.4) is 0 Å². The number of aromatic nitrogens is 8. The number of aromatic amines is 1. The van der Waals surface area contributed by atoms with Crippen LogP contribution in [-0.2, 0) is 25.8 Å². The molecule has 0 aliphatic carbocycles. The monoisotopic (exact) mass is 516 g/mol. The van der Waals surface area contributed by atoms with E-state index in [1.165, 1.54) is 0 Å². The average molecular weight is 517 g/mol. The maximum atomic E-state index is 13.2. The average Bonchev–Trinajstić information content (AvgIpc) is 3.56. The van der Waals surface area contributed by atoms with Gasteiger partial charge in [0.1, 0.15) is 5.82 Å². The summed E-state index contributed by atoms with van der Waals surface area (Å²) >= 11 is 4.99. The zero-order valence-corrected chi connectivity index (χ0v) is 19.8. The van der Waals surface area contributed by atoms with Gasteiger partial charge in [-0.2, -0.15) is 16.3 Å². The Morgan fingerprint density at radius 1 is 1.22 bits per heavy atom. The molecule has 0 bridgehead atoms. The molecule has 166 valence electrons. The van der Waals surface area contributed by atoms with Gasteiger partial charge in [-0.1, -0.05) is 24.9 Å². The molecular weight excluding hydrogens is 496 g/mol. The highest BCUT2D eigenvalue weighted by atomic mass is 79.9. The van der Waals surface area contributed by atoms with Gasteiger partial charge in [-0.15, -0.1) is 10.2 Å². The smallest absolute Gasteiger partial charge is 0.286 e. The van der Waals surface area contributed by atoms with E-state index < -0.39 is 0 Å². The van der Waals surface area contributed by atoms with E-state index in [4.69, 9.17) is 4.52 Å². The second kappa shape index (κ2) is 8.94. The Morgan fingerprint density at radius 3 is 2.94 bits per heavy atom. The third-order valence-corrected chi connectivity index (χ3v) is 6.39. The molecule has 0 saturated carbocycles. The van der Waals surface area contributed by atoms with E-state index in [1.807, 2.05) is 16.0 Å². The lowest BCUT2D eigenvalue weighted by Crippen LogP contribution is -2.21. The number of imidazole rings is 1. The van der Waals surface area contributed by atoms with Gasteiger partial charge in [-0.05, 0) is 44.7 Å². The SMILES string of the molecule is CCCCCn1c2nc(Br)[nH]c2c(=O)n2c(CCc3nc(Cc4ccsc4)no3)nnc12. The summed E-state index contributed by atoms with van der Waals surface area (Å²) in [5.74, 6) is 2.21. The van der Waals surface area contributed by atoms with Crippen LogP contribution in [0.15, 0.2) is 30.9 Å². The molecule has 0 amide bonds. The van der Waals surface area contributed by atoms with E-state index in [0.717, 1.165) is 24.8 Å². The van der Waals surface area contributed by atoms with E-state index in [-0.39, 0.29) is 5.56 Å². The van der Waals surface area contributed by atoms with Gasteiger partial charge in [0.25, 0.3) is 5.56 Å². The number of fused-ring (bicyclic) bond motifs is 2. The number of thiophene rings is 1. The number of nitrogens with zero attached hydrogens (tertiary/aromatic N) is 7. The molecule has 5 aromatic heterocycles. The molecule has 5 aromatic rings. The summed E-state index contributed by atoms with van der Waals surface area (Å²) in [6.07, 6.45) is 4.70. The van der Waals surface area contributed by atoms with E-state index in [9.17, 15) is 4.79 Å². The number of nitrogens with one attached hydrogen (secondary N) is 1. The predicted octanol–water partition coefficient (Wildman–Crippen LogP) is 3.54.